The van der Waals surface area contributed by atoms with Crippen LogP contribution in [-0.4, -0.2) is 36.8 Å². The molecule has 0 N–H and O–H groups in total. The van der Waals surface area contributed by atoms with Crippen LogP contribution in [0.3, 0.4) is 0 Å². The van der Waals surface area contributed by atoms with Crippen molar-refractivity contribution in [2.75, 3.05) is 19.7 Å². The van der Waals surface area contributed by atoms with Crippen molar-refractivity contribution in [3.8, 4) is 16.9 Å². The Hall–Kier alpha value is -2.70. The predicted octanol–water partition coefficient (Wildman–Crippen LogP) is 6.01. The number of nitrogens with zero attached hydrogens (tertiary/aromatic N) is 1. The molecule has 1 saturated heterocycles. The van der Waals surface area contributed by atoms with Gasteiger partial charge in [0.25, 0.3) is 0 Å². The van der Waals surface area contributed by atoms with Crippen LogP contribution in [0, 0.1) is 5.92 Å². The minimum absolute atomic E-state index is 0.121. The van der Waals surface area contributed by atoms with E-state index in [9.17, 15) is 18.0 Å². The van der Waals surface area contributed by atoms with E-state index in [4.69, 9.17) is 9.47 Å². The van der Waals surface area contributed by atoms with Gasteiger partial charge in [-0.05, 0) is 68.0 Å². The summed E-state index contributed by atoms with van der Waals surface area (Å²) in [4.78, 5) is 13.7. The quantitative estimate of drug-likeness (QED) is 0.594. The van der Waals surface area contributed by atoms with E-state index in [1.807, 2.05) is 38.1 Å². The molecule has 3 rings (SSSR count). The van der Waals surface area contributed by atoms with Gasteiger partial charge in [-0.25, -0.2) is 4.79 Å². The number of carbonyl (C=O) groups excluding carboxylic acids is 1. The molecule has 0 atom stereocenters. The van der Waals surface area contributed by atoms with Crippen molar-refractivity contribution in [2.45, 2.75) is 39.0 Å². The van der Waals surface area contributed by atoms with Crippen molar-refractivity contribution in [1.82, 2.24) is 4.90 Å². The third-order valence-corrected chi connectivity index (χ3v) is 5.09. The fourth-order valence-corrected chi connectivity index (χ4v) is 3.37. The van der Waals surface area contributed by atoms with Gasteiger partial charge in [-0.1, -0.05) is 24.3 Å². The molecule has 30 heavy (non-hydrogen) atoms. The van der Waals surface area contributed by atoms with Crippen LogP contribution < -0.4 is 4.74 Å². The Balaban J connectivity index is 1.48. The lowest BCUT2D eigenvalue weighted by Gasteiger charge is -2.31. The average molecular weight is 421 g/mol. The summed E-state index contributed by atoms with van der Waals surface area (Å²) >= 11 is 0. The number of likely N-dealkylation sites (tertiary alicyclic amines) is 1. The van der Waals surface area contributed by atoms with Crippen LogP contribution in [0.4, 0.5) is 18.0 Å². The molecule has 1 heterocycles. The first-order valence-corrected chi connectivity index (χ1v) is 10.1. The Bertz CT molecular complexity index is 824. The van der Waals surface area contributed by atoms with E-state index < -0.39 is 11.7 Å². The van der Waals surface area contributed by atoms with Gasteiger partial charge in [0.15, 0.2) is 0 Å². The van der Waals surface area contributed by atoms with E-state index in [0.717, 1.165) is 36.1 Å². The number of amides is 1. The molecule has 162 valence electrons. The summed E-state index contributed by atoms with van der Waals surface area (Å²) in [6.07, 6.45) is -3.00. The number of rotatable bonds is 5. The summed E-state index contributed by atoms with van der Waals surface area (Å²) in [6, 6.07) is 12.4. The topological polar surface area (TPSA) is 38.8 Å². The first kappa shape index (κ1) is 22.0. The highest BCUT2D eigenvalue weighted by Crippen LogP contribution is 2.31. The van der Waals surface area contributed by atoms with Crippen LogP contribution in [0.1, 0.15) is 32.3 Å². The highest BCUT2D eigenvalue weighted by atomic mass is 19.4. The number of halogens is 3. The zero-order valence-corrected chi connectivity index (χ0v) is 17.1. The van der Waals surface area contributed by atoms with E-state index in [0.29, 0.717) is 31.4 Å². The molecule has 0 aliphatic carbocycles. The van der Waals surface area contributed by atoms with Gasteiger partial charge >= 0.3 is 12.3 Å². The SMILES string of the molecule is CC(C)OC(=O)N1CCC(COc2ccc(-c3ccc(C(F)(F)F)cc3)cc2)CC1. The molecule has 1 amide bonds. The number of carbonyl (C=O) groups is 1. The largest absolute Gasteiger partial charge is 0.493 e. The van der Waals surface area contributed by atoms with Crippen molar-refractivity contribution in [2.24, 2.45) is 5.92 Å². The molecule has 2 aromatic carbocycles. The molecule has 0 unspecified atom stereocenters. The Kier molecular flexibility index (Phi) is 6.90. The average Bonchev–Trinajstić information content (AvgIpc) is 2.72. The van der Waals surface area contributed by atoms with Crippen LogP contribution in [-0.2, 0) is 10.9 Å². The second-order valence-electron chi connectivity index (χ2n) is 7.77. The summed E-state index contributed by atoms with van der Waals surface area (Å²) < 4.78 is 49.1. The van der Waals surface area contributed by atoms with Gasteiger partial charge < -0.3 is 14.4 Å². The maximum absolute atomic E-state index is 12.7. The summed E-state index contributed by atoms with van der Waals surface area (Å²) in [5, 5.41) is 0. The van der Waals surface area contributed by atoms with Crippen LogP contribution in [0.15, 0.2) is 48.5 Å². The lowest BCUT2D eigenvalue weighted by Crippen LogP contribution is -2.40. The molecule has 1 aliphatic heterocycles. The minimum Gasteiger partial charge on any atom is -0.493 e. The minimum atomic E-state index is -4.33. The molecule has 0 saturated carbocycles. The summed E-state index contributed by atoms with van der Waals surface area (Å²) in [5.41, 5.74) is 0.887. The van der Waals surface area contributed by atoms with E-state index in [2.05, 4.69) is 0 Å². The van der Waals surface area contributed by atoms with Crippen LogP contribution >= 0.6 is 0 Å². The number of hydrogen-bond donors (Lipinski definition) is 0. The lowest BCUT2D eigenvalue weighted by molar-refractivity contribution is -0.137. The van der Waals surface area contributed by atoms with E-state index in [1.54, 1.807) is 4.90 Å². The molecular weight excluding hydrogens is 395 g/mol. The molecule has 7 heteroatoms. The van der Waals surface area contributed by atoms with Crippen LogP contribution in [0.25, 0.3) is 11.1 Å². The molecule has 0 spiro atoms. The van der Waals surface area contributed by atoms with Crippen molar-refractivity contribution < 1.29 is 27.4 Å². The number of hydrogen-bond acceptors (Lipinski definition) is 3. The Morgan fingerprint density at radius 1 is 1.00 bits per heavy atom. The van der Waals surface area contributed by atoms with E-state index >= 15 is 0 Å². The van der Waals surface area contributed by atoms with Gasteiger partial charge in [-0.3, -0.25) is 0 Å². The third-order valence-electron chi connectivity index (χ3n) is 5.09. The molecule has 2 aromatic rings. The van der Waals surface area contributed by atoms with Crippen molar-refractivity contribution in [1.29, 1.82) is 0 Å². The van der Waals surface area contributed by atoms with Gasteiger partial charge in [-0.15, -0.1) is 0 Å². The maximum atomic E-state index is 12.7. The van der Waals surface area contributed by atoms with Crippen molar-refractivity contribution in [3.05, 3.63) is 54.1 Å². The number of piperidine rings is 1. The highest BCUT2D eigenvalue weighted by Gasteiger charge is 2.30. The molecule has 0 aromatic heterocycles. The summed E-state index contributed by atoms with van der Waals surface area (Å²) in [7, 11) is 0. The molecule has 0 bridgehead atoms. The fraction of sp³-hybridized carbons (Fsp3) is 0.435. The Morgan fingerprint density at radius 3 is 2.03 bits per heavy atom. The number of ether oxygens (including phenoxy) is 2. The lowest BCUT2D eigenvalue weighted by atomic mass is 9.98. The molecular formula is C23H26F3NO3. The third kappa shape index (κ3) is 5.90. The van der Waals surface area contributed by atoms with Crippen LogP contribution in [0.5, 0.6) is 5.75 Å². The number of alkyl halides is 3. The zero-order valence-electron chi connectivity index (χ0n) is 17.1. The van der Waals surface area contributed by atoms with Gasteiger partial charge in [-0.2, -0.15) is 13.2 Å². The van der Waals surface area contributed by atoms with E-state index in [1.165, 1.54) is 12.1 Å². The summed E-state index contributed by atoms with van der Waals surface area (Å²) in [6.45, 7) is 5.55. The predicted molar refractivity (Wildman–Crippen MR) is 108 cm³/mol. The van der Waals surface area contributed by atoms with Gasteiger partial charge in [0.1, 0.15) is 5.75 Å². The molecule has 0 radical (unpaired) electrons. The van der Waals surface area contributed by atoms with Gasteiger partial charge in [0.05, 0.1) is 18.3 Å². The monoisotopic (exact) mass is 421 g/mol. The first-order chi connectivity index (χ1) is 14.2. The molecule has 4 nitrogen and oxygen atoms in total. The maximum Gasteiger partial charge on any atom is 0.416 e. The molecule has 1 aliphatic rings. The first-order valence-electron chi connectivity index (χ1n) is 10.1. The Morgan fingerprint density at radius 2 is 1.53 bits per heavy atom. The molecule has 1 fully saturated rings. The van der Waals surface area contributed by atoms with E-state index in [-0.39, 0.29) is 12.2 Å². The fourth-order valence-electron chi connectivity index (χ4n) is 3.37. The zero-order chi connectivity index (χ0) is 21.7. The second-order valence-corrected chi connectivity index (χ2v) is 7.77. The van der Waals surface area contributed by atoms with Crippen molar-refractivity contribution in [3.63, 3.8) is 0 Å². The van der Waals surface area contributed by atoms with Crippen LogP contribution in [0.2, 0.25) is 0 Å². The standard InChI is InChI=1S/C23H26F3NO3/c1-16(2)30-22(28)27-13-11-17(12-14-27)15-29-21-9-5-19(6-10-21)18-3-7-20(8-4-18)23(24,25)26/h3-10,16-17H,11-15H2,1-2H3. The van der Waals surface area contributed by atoms with Crippen molar-refractivity contribution >= 4 is 6.09 Å². The number of benzene rings is 2. The van der Waals surface area contributed by atoms with Gasteiger partial charge in [0.2, 0.25) is 0 Å². The van der Waals surface area contributed by atoms with Gasteiger partial charge in [0, 0.05) is 13.1 Å². The Labute approximate surface area is 174 Å². The summed E-state index contributed by atoms with van der Waals surface area (Å²) in [5.74, 6) is 1.08. The normalized spacial score (nSPS) is 15.3. The smallest absolute Gasteiger partial charge is 0.416 e. The highest BCUT2D eigenvalue weighted by molar-refractivity contribution is 5.68. The second kappa shape index (κ2) is 9.41.